The summed E-state index contributed by atoms with van der Waals surface area (Å²) in [6, 6.07) is 13.5. The van der Waals surface area contributed by atoms with Gasteiger partial charge in [0.2, 0.25) is 10.0 Å². The van der Waals surface area contributed by atoms with Gasteiger partial charge in [-0.1, -0.05) is 36.4 Å². The van der Waals surface area contributed by atoms with E-state index in [0.717, 1.165) is 5.56 Å². The average Bonchev–Trinajstić information content (AvgIpc) is 2.57. The van der Waals surface area contributed by atoms with E-state index < -0.39 is 22.2 Å². The van der Waals surface area contributed by atoms with Gasteiger partial charge in [0.15, 0.2) is 0 Å². The molecule has 3 rings (SSSR count). The maximum atomic E-state index is 12.7. The van der Waals surface area contributed by atoms with Gasteiger partial charge in [-0.15, -0.1) is 0 Å². The van der Waals surface area contributed by atoms with Gasteiger partial charge in [-0.3, -0.25) is 0 Å². The van der Waals surface area contributed by atoms with Gasteiger partial charge in [-0.05, 0) is 24.1 Å². The molecule has 0 spiro atoms. The predicted octanol–water partition coefficient (Wildman–Crippen LogP) is 1.97. The number of nitrogens with zero attached hydrogens (tertiary/aromatic N) is 1. The Kier molecular flexibility index (Phi) is 4.14. The van der Waals surface area contributed by atoms with Crippen molar-refractivity contribution in [2.75, 3.05) is 14.2 Å². The molecule has 2 aromatic carbocycles. The van der Waals surface area contributed by atoms with Crippen LogP contribution in [0.5, 0.6) is 5.75 Å². The third kappa shape index (κ3) is 2.63. The van der Waals surface area contributed by atoms with Crippen molar-refractivity contribution in [1.29, 1.82) is 0 Å². The Morgan fingerprint density at radius 3 is 2.52 bits per heavy atom. The smallest absolute Gasteiger partial charge is 0.243 e. The van der Waals surface area contributed by atoms with Crippen LogP contribution in [0, 0.1) is 0 Å². The van der Waals surface area contributed by atoms with Crippen molar-refractivity contribution in [3.8, 4) is 5.75 Å². The largest absolute Gasteiger partial charge is 0.496 e. The molecule has 0 radical (unpaired) electrons. The summed E-state index contributed by atoms with van der Waals surface area (Å²) in [5.74, 6) is 0.685. The fourth-order valence-electron chi connectivity index (χ4n) is 3.04. The minimum atomic E-state index is -3.61. The summed E-state index contributed by atoms with van der Waals surface area (Å²) in [6.07, 6.45) is -0.514. The number of hydrogen-bond acceptors (Lipinski definition) is 4. The molecule has 0 saturated carbocycles. The van der Waals surface area contributed by atoms with Gasteiger partial charge >= 0.3 is 0 Å². The third-order valence-corrected chi connectivity index (χ3v) is 6.30. The maximum Gasteiger partial charge on any atom is 0.243 e. The summed E-state index contributed by atoms with van der Waals surface area (Å²) >= 11 is 0. The maximum absolute atomic E-state index is 12.7. The Morgan fingerprint density at radius 2 is 1.78 bits per heavy atom. The average molecular weight is 333 g/mol. The number of rotatable bonds is 3. The van der Waals surface area contributed by atoms with Gasteiger partial charge in [0.1, 0.15) is 5.75 Å². The second kappa shape index (κ2) is 5.96. The first-order valence-electron chi connectivity index (χ1n) is 7.33. The van der Waals surface area contributed by atoms with Crippen LogP contribution in [0.1, 0.15) is 17.2 Å². The highest BCUT2D eigenvalue weighted by Gasteiger charge is 2.41. The minimum Gasteiger partial charge on any atom is -0.496 e. The molecule has 1 heterocycles. The molecule has 6 heteroatoms. The summed E-state index contributed by atoms with van der Waals surface area (Å²) in [5, 5.41) is 10.7. The number of likely N-dealkylation sites (N-methyl/N-ethyl adjacent to an activating group) is 1. The number of sulfonamides is 1. The van der Waals surface area contributed by atoms with Gasteiger partial charge < -0.3 is 9.84 Å². The molecule has 0 fully saturated rings. The predicted molar refractivity (Wildman–Crippen MR) is 86.8 cm³/mol. The molecule has 0 aliphatic carbocycles. The number of para-hydroxylation sites is 1. The number of benzene rings is 2. The number of hydrogen-bond donors (Lipinski definition) is 1. The van der Waals surface area contributed by atoms with Crippen molar-refractivity contribution >= 4 is 10.0 Å². The third-order valence-electron chi connectivity index (χ3n) is 4.35. The van der Waals surface area contributed by atoms with Gasteiger partial charge in [0.25, 0.3) is 0 Å². The Balaban J connectivity index is 2.04. The van der Waals surface area contributed by atoms with Crippen molar-refractivity contribution < 1.29 is 18.3 Å². The Bertz CT molecular complexity index is 819. The zero-order valence-corrected chi connectivity index (χ0v) is 13.8. The molecule has 23 heavy (non-hydrogen) atoms. The van der Waals surface area contributed by atoms with E-state index in [-0.39, 0.29) is 4.90 Å². The van der Waals surface area contributed by atoms with Gasteiger partial charge in [0.05, 0.1) is 24.2 Å². The Morgan fingerprint density at radius 1 is 1.13 bits per heavy atom. The molecule has 1 aliphatic rings. The van der Waals surface area contributed by atoms with Crippen LogP contribution >= 0.6 is 0 Å². The molecule has 2 atom stereocenters. The molecule has 0 amide bonds. The molecule has 1 N–H and O–H groups in total. The number of aliphatic hydroxyl groups excluding tert-OH is 1. The lowest BCUT2D eigenvalue weighted by atomic mass is 9.95. The van der Waals surface area contributed by atoms with Gasteiger partial charge in [0, 0.05) is 12.6 Å². The zero-order chi connectivity index (χ0) is 16.6. The molecule has 5 nitrogen and oxygen atoms in total. The fourth-order valence-corrected chi connectivity index (χ4v) is 4.63. The molecule has 1 aliphatic heterocycles. The summed E-state index contributed by atoms with van der Waals surface area (Å²) < 4.78 is 32.0. The van der Waals surface area contributed by atoms with Crippen molar-refractivity contribution in [3.63, 3.8) is 0 Å². The Hall–Kier alpha value is -1.89. The van der Waals surface area contributed by atoms with E-state index >= 15 is 0 Å². The minimum absolute atomic E-state index is 0.172. The summed E-state index contributed by atoms with van der Waals surface area (Å²) in [5.41, 5.74) is 1.31. The van der Waals surface area contributed by atoms with Crippen molar-refractivity contribution in [2.45, 2.75) is 23.5 Å². The first kappa shape index (κ1) is 16.0. The van der Waals surface area contributed by atoms with E-state index in [0.29, 0.717) is 17.7 Å². The lowest BCUT2D eigenvalue weighted by molar-refractivity contribution is 0.0888. The van der Waals surface area contributed by atoms with Crippen LogP contribution in [0.4, 0.5) is 0 Å². The van der Waals surface area contributed by atoms with Gasteiger partial charge in [-0.2, -0.15) is 4.31 Å². The number of ether oxygens (including phenoxy) is 1. The van der Waals surface area contributed by atoms with E-state index in [1.165, 1.54) is 17.4 Å². The van der Waals surface area contributed by atoms with E-state index in [1.807, 2.05) is 24.3 Å². The molecule has 0 saturated heterocycles. The first-order valence-corrected chi connectivity index (χ1v) is 8.77. The molecule has 0 bridgehead atoms. The molecule has 2 aromatic rings. The fraction of sp³-hybridized carbons (Fsp3) is 0.294. The second-order valence-corrected chi connectivity index (χ2v) is 7.55. The van der Waals surface area contributed by atoms with E-state index in [9.17, 15) is 13.5 Å². The van der Waals surface area contributed by atoms with Crippen molar-refractivity contribution in [1.82, 2.24) is 4.31 Å². The van der Waals surface area contributed by atoms with Crippen LogP contribution in [0.15, 0.2) is 53.4 Å². The number of aliphatic hydroxyl groups is 1. The van der Waals surface area contributed by atoms with E-state index in [1.54, 1.807) is 25.3 Å². The second-order valence-electron chi connectivity index (χ2n) is 5.59. The number of fused-ring (bicyclic) bond motifs is 1. The highest BCUT2D eigenvalue weighted by Crippen LogP contribution is 2.37. The summed E-state index contributed by atoms with van der Waals surface area (Å²) in [4.78, 5) is 0.172. The SMILES string of the molecule is COc1ccccc1C[C@@H]1[C@H](O)c2ccccc2S(=O)(=O)N1C. The molecular formula is C17H19NO4S. The van der Waals surface area contributed by atoms with Gasteiger partial charge in [-0.25, -0.2) is 8.42 Å². The van der Waals surface area contributed by atoms with E-state index in [4.69, 9.17) is 4.74 Å². The Labute approximate surface area is 136 Å². The molecule has 0 unspecified atom stereocenters. The molecule has 122 valence electrons. The van der Waals surface area contributed by atoms with Crippen molar-refractivity contribution in [3.05, 3.63) is 59.7 Å². The lowest BCUT2D eigenvalue weighted by Crippen LogP contribution is -2.46. The molecular weight excluding hydrogens is 314 g/mol. The van der Waals surface area contributed by atoms with Crippen LogP contribution < -0.4 is 4.74 Å². The van der Waals surface area contributed by atoms with Crippen LogP contribution in [0.3, 0.4) is 0 Å². The summed E-state index contributed by atoms with van der Waals surface area (Å²) in [6.45, 7) is 0. The monoisotopic (exact) mass is 333 g/mol. The van der Waals surface area contributed by atoms with E-state index in [2.05, 4.69) is 0 Å². The first-order chi connectivity index (χ1) is 11.0. The lowest BCUT2D eigenvalue weighted by Gasteiger charge is -2.37. The zero-order valence-electron chi connectivity index (χ0n) is 13.0. The van der Waals surface area contributed by atoms with Crippen molar-refractivity contribution in [2.24, 2.45) is 0 Å². The quantitative estimate of drug-likeness (QED) is 0.933. The highest BCUT2D eigenvalue weighted by atomic mass is 32.2. The molecule has 0 aromatic heterocycles. The highest BCUT2D eigenvalue weighted by molar-refractivity contribution is 7.89. The van der Waals surface area contributed by atoms with Crippen LogP contribution in [-0.2, 0) is 16.4 Å². The summed E-state index contributed by atoms with van der Waals surface area (Å²) in [7, 11) is -0.526. The van der Waals surface area contributed by atoms with Crippen LogP contribution in [0.25, 0.3) is 0 Å². The van der Waals surface area contributed by atoms with Crippen LogP contribution in [-0.4, -0.2) is 38.0 Å². The van der Waals surface area contributed by atoms with Crippen LogP contribution in [0.2, 0.25) is 0 Å². The standard InChI is InChI=1S/C17H19NO4S/c1-18-14(11-12-7-3-5-9-15(12)22-2)17(19)13-8-4-6-10-16(13)23(18,20)21/h3-10,14,17,19H,11H2,1-2H3/t14-,17-/m1/s1. The topological polar surface area (TPSA) is 66.8 Å². The normalized spacial score (nSPS) is 23.3. The number of methoxy groups -OCH3 is 1.